The van der Waals surface area contributed by atoms with Crippen LogP contribution in [-0.2, 0) is 11.3 Å². The molecule has 1 atom stereocenters. The van der Waals surface area contributed by atoms with Gasteiger partial charge in [-0.3, -0.25) is 9.69 Å². The lowest BCUT2D eigenvalue weighted by Crippen LogP contribution is -2.46. The van der Waals surface area contributed by atoms with Gasteiger partial charge in [-0.05, 0) is 56.0 Å². The molecule has 2 aliphatic rings. The second-order valence-corrected chi connectivity index (χ2v) is 8.09. The molecule has 0 saturated carbocycles. The van der Waals surface area contributed by atoms with Gasteiger partial charge in [-0.1, -0.05) is 12.1 Å². The Hall–Kier alpha value is -2.31. The molecule has 156 valence electrons. The second kappa shape index (κ2) is 9.01. The fraction of sp³-hybridized carbons (Fsp3) is 0.522. The molecule has 29 heavy (non-hydrogen) atoms. The van der Waals surface area contributed by atoms with E-state index >= 15 is 0 Å². The number of benzene rings is 1. The quantitative estimate of drug-likeness (QED) is 0.812. The molecule has 0 aliphatic carbocycles. The van der Waals surface area contributed by atoms with Crippen LogP contribution in [-0.4, -0.2) is 56.2 Å². The Labute approximate surface area is 172 Å². The van der Waals surface area contributed by atoms with Gasteiger partial charge in [0, 0.05) is 45.0 Å². The normalized spacial score (nSPS) is 20.2. The Bertz CT molecular complexity index is 834. The number of amides is 1. The van der Waals surface area contributed by atoms with Crippen LogP contribution in [0, 0.1) is 13.8 Å². The third-order valence-corrected chi connectivity index (χ3v) is 6.07. The predicted molar refractivity (Wildman–Crippen MR) is 113 cm³/mol. The summed E-state index contributed by atoms with van der Waals surface area (Å²) in [6.45, 7) is 10.4. The maximum atomic E-state index is 12.3. The second-order valence-electron chi connectivity index (χ2n) is 8.09. The highest BCUT2D eigenvalue weighted by molar-refractivity contribution is 5.91. The molecule has 0 radical (unpaired) electrons. The third kappa shape index (κ3) is 4.82. The molecule has 2 aliphatic heterocycles. The molecule has 3 heterocycles. The summed E-state index contributed by atoms with van der Waals surface area (Å²) in [4.78, 5) is 17.1. The molecule has 1 aromatic carbocycles. The van der Waals surface area contributed by atoms with Gasteiger partial charge in [0.05, 0.1) is 12.6 Å². The zero-order valence-corrected chi connectivity index (χ0v) is 17.4. The maximum Gasteiger partial charge on any atom is 0.287 e. The van der Waals surface area contributed by atoms with E-state index in [0.29, 0.717) is 12.3 Å². The van der Waals surface area contributed by atoms with Crippen molar-refractivity contribution in [3.8, 4) is 0 Å². The topological polar surface area (TPSA) is 58.0 Å². The van der Waals surface area contributed by atoms with Gasteiger partial charge in [0.25, 0.3) is 5.91 Å². The van der Waals surface area contributed by atoms with Gasteiger partial charge in [0.2, 0.25) is 0 Å². The molecule has 4 rings (SSSR count). The molecule has 2 fully saturated rings. The van der Waals surface area contributed by atoms with Crippen molar-refractivity contribution in [3.05, 3.63) is 53.0 Å². The van der Waals surface area contributed by atoms with Crippen LogP contribution in [0.5, 0.6) is 0 Å². The van der Waals surface area contributed by atoms with E-state index in [4.69, 9.17) is 9.15 Å². The molecular formula is C23H31N3O3. The summed E-state index contributed by atoms with van der Waals surface area (Å²) < 4.78 is 11.3. The van der Waals surface area contributed by atoms with E-state index in [1.165, 1.54) is 16.8 Å². The zero-order valence-electron chi connectivity index (χ0n) is 17.4. The van der Waals surface area contributed by atoms with Gasteiger partial charge >= 0.3 is 0 Å². The largest absolute Gasteiger partial charge is 0.455 e. The first kappa shape index (κ1) is 20.0. The average molecular weight is 398 g/mol. The zero-order chi connectivity index (χ0) is 20.2. The lowest BCUT2D eigenvalue weighted by molar-refractivity contribution is 0.0832. The molecule has 2 saturated heterocycles. The highest BCUT2D eigenvalue weighted by atomic mass is 16.5. The maximum absolute atomic E-state index is 12.3. The first-order valence-corrected chi connectivity index (χ1v) is 10.6. The molecular weight excluding hydrogens is 366 g/mol. The first-order chi connectivity index (χ1) is 14.1. The number of aryl methyl sites for hydroxylation is 1. The minimum Gasteiger partial charge on any atom is -0.455 e. The number of piperazine rings is 1. The molecule has 2 aromatic rings. The number of carbonyl (C=O) groups is 1. The fourth-order valence-corrected chi connectivity index (χ4v) is 4.13. The number of furan rings is 1. The Balaban J connectivity index is 1.26. The van der Waals surface area contributed by atoms with Crippen molar-refractivity contribution < 1.29 is 13.9 Å². The van der Waals surface area contributed by atoms with Crippen LogP contribution in [0.2, 0.25) is 0 Å². The molecule has 1 amide bonds. The Morgan fingerprint density at radius 2 is 1.97 bits per heavy atom. The van der Waals surface area contributed by atoms with Crippen molar-refractivity contribution in [3.63, 3.8) is 0 Å². The van der Waals surface area contributed by atoms with Gasteiger partial charge in [-0.2, -0.15) is 0 Å². The SMILES string of the molecule is Cc1cccc(N2CCN(Cc3ccc(C(=O)NCC4CCCO4)o3)CC2)c1C. The minimum absolute atomic E-state index is 0.140. The van der Waals surface area contributed by atoms with Crippen molar-refractivity contribution in [2.45, 2.75) is 39.3 Å². The van der Waals surface area contributed by atoms with Gasteiger partial charge in [0.1, 0.15) is 5.76 Å². The van der Waals surface area contributed by atoms with Crippen molar-refractivity contribution in [2.75, 3.05) is 44.2 Å². The summed E-state index contributed by atoms with van der Waals surface area (Å²) in [7, 11) is 0. The van der Waals surface area contributed by atoms with Crippen LogP contribution < -0.4 is 10.2 Å². The predicted octanol–water partition coefficient (Wildman–Crippen LogP) is 3.13. The summed E-state index contributed by atoms with van der Waals surface area (Å²) in [6, 6.07) is 10.2. The van der Waals surface area contributed by atoms with Crippen molar-refractivity contribution >= 4 is 11.6 Å². The Morgan fingerprint density at radius 1 is 1.14 bits per heavy atom. The van der Waals surface area contributed by atoms with E-state index in [9.17, 15) is 4.79 Å². The number of anilines is 1. The molecule has 1 aromatic heterocycles. The van der Waals surface area contributed by atoms with Crippen molar-refractivity contribution in [1.29, 1.82) is 0 Å². The van der Waals surface area contributed by atoms with Crippen LogP contribution in [0.3, 0.4) is 0 Å². The number of hydrogen-bond acceptors (Lipinski definition) is 5. The molecule has 0 bridgehead atoms. The summed E-state index contributed by atoms with van der Waals surface area (Å²) in [5.74, 6) is 1.06. The smallest absolute Gasteiger partial charge is 0.287 e. The summed E-state index contributed by atoms with van der Waals surface area (Å²) in [5.41, 5.74) is 4.05. The van der Waals surface area contributed by atoms with Crippen LogP contribution in [0.15, 0.2) is 34.7 Å². The summed E-state index contributed by atoms with van der Waals surface area (Å²) in [5, 5.41) is 2.91. The lowest BCUT2D eigenvalue weighted by Gasteiger charge is -2.36. The van der Waals surface area contributed by atoms with E-state index < -0.39 is 0 Å². The first-order valence-electron chi connectivity index (χ1n) is 10.6. The van der Waals surface area contributed by atoms with E-state index in [0.717, 1.165) is 57.9 Å². The van der Waals surface area contributed by atoms with Gasteiger partial charge in [0.15, 0.2) is 5.76 Å². The van der Waals surface area contributed by atoms with Crippen molar-refractivity contribution in [2.24, 2.45) is 0 Å². The molecule has 6 heteroatoms. The van der Waals surface area contributed by atoms with E-state index in [2.05, 4.69) is 47.2 Å². The number of carbonyl (C=O) groups excluding carboxylic acids is 1. The van der Waals surface area contributed by atoms with Crippen LogP contribution >= 0.6 is 0 Å². The number of nitrogens with one attached hydrogen (secondary N) is 1. The number of rotatable bonds is 6. The summed E-state index contributed by atoms with van der Waals surface area (Å²) in [6.07, 6.45) is 2.22. The number of hydrogen-bond donors (Lipinski definition) is 1. The van der Waals surface area contributed by atoms with Crippen LogP contribution in [0.25, 0.3) is 0 Å². The van der Waals surface area contributed by atoms with Crippen molar-refractivity contribution in [1.82, 2.24) is 10.2 Å². The average Bonchev–Trinajstić information content (AvgIpc) is 3.41. The van der Waals surface area contributed by atoms with Crippen LogP contribution in [0.4, 0.5) is 5.69 Å². The van der Waals surface area contributed by atoms with E-state index in [-0.39, 0.29) is 12.0 Å². The molecule has 0 spiro atoms. The van der Waals surface area contributed by atoms with Gasteiger partial charge in [-0.15, -0.1) is 0 Å². The van der Waals surface area contributed by atoms with Crippen LogP contribution in [0.1, 0.15) is 40.3 Å². The monoisotopic (exact) mass is 397 g/mol. The highest BCUT2D eigenvalue weighted by Gasteiger charge is 2.21. The van der Waals surface area contributed by atoms with E-state index in [1.807, 2.05) is 6.07 Å². The van der Waals surface area contributed by atoms with Gasteiger partial charge in [-0.25, -0.2) is 0 Å². The lowest BCUT2D eigenvalue weighted by atomic mass is 10.1. The molecule has 6 nitrogen and oxygen atoms in total. The molecule has 1 unspecified atom stereocenters. The highest BCUT2D eigenvalue weighted by Crippen LogP contribution is 2.24. The van der Waals surface area contributed by atoms with Gasteiger partial charge < -0.3 is 19.4 Å². The number of nitrogens with zero attached hydrogens (tertiary/aromatic N) is 2. The van der Waals surface area contributed by atoms with E-state index in [1.54, 1.807) is 6.07 Å². The third-order valence-electron chi connectivity index (χ3n) is 6.07. The number of ether oxygens (including phenoxy) is 1. The Kier molecular flexibility index (Phi) is 6.21. The fourth-order valence-electron chi connectivity index (χ4n) is 4.13. The Morgan fingerprint density at radius 3 is 2.72 bits per heavy atom. The minimum atomic E-state index is -0.161. The summed E-state index contributed by atoms with van der Waals surface area (Å²) >= 11 is 0. The standard InChI is InChI=1S/C23H31N3O3/c1-17-5-3-7-21(18(17)2)26-12-10-25(11-13-26)16-20-8-9-22(29-20)23(27)24-15-19-6-4-14-28-19/h3,5,7-9,19H,4,6,10-16H2,1-2H3,(H,24,27). The molecule has 1 N–H and O–H groups in total.